The Morgan fingerprint density at radius 2 is 1.77 bits per heavy atom. The Balaban J connectivity index is 1.77. The Morgan fingerprint density at radius 3 is 2.50 bits per heavy atom. The molecule has 0 aliphatic rings. The van der Waals surface area contributed by atoms with Gasteiger partial charge >= 0.3 is 0 Å². The van der Waals surface area contributed by atoms with Crippen molar-refractivity contribution in [1.29, 1.82) is 0 Å². The molecule has 1 N–H and O–H groups in total. The molecule has 4 rings (SSSR count). The SMILES string of the molecule is CCOc1ccccc1NC(=O)Cn1c(=O)c2nnc(C(C)C)n2c2ccccc21. The number of hydrogen-bond donors (Lipinski definition) is 1. The summed E-state index contributed by atoms with van der Waals surface area (Å²) < 4.78 is 8.77. The van der Waals surface area contributed by atoms with Gasteiger partial charge in [-0.1, -0.05) is 38.1 Å². The second-order valence-corrected chi connectivity index (χ2v) is 7.23. The van der Waals surface area contributed by atoms with E-state index in [0.717, 1.165) is 5.52 Å². The first-order valence-corrected chi connectivity index (χ1v) is 9.89. The van der Waals surface area contributed by atoms with E-state index in [1.165, 1.54) is 4.57 Å². The van der Waals surface area contributed by atoms with Gasteiger partial charge in [0.05, 0.1) is 23.3 Å². The first-order chi connectivity index (χ1) is 14.5. The topological polar surface area (TPSA) is 90.5 Å². The molecule has 0 aliphatic carbocycles. The van der Waals surface area contributed by atoms with Crippen LogP contribution in [0.2, 0.25) is 0 Å². The molecule has 2 aromatic heterocycles. The minimum absolute atomic E-state index is 0.0945. The lowest BCUT2D eigenvalue weighted by molar-refractivity contribution is -0.116. The molecule has 154 valence electrons. The Kier molecular flexibility index (Phi) is 5.22. The average molecular weight is 405 g/mol. The Labute approximate surface area is 173 Å². The lowest BCUT2D eigenvalue weighted by atomic mass is 10.2. The molecule has 0 saturated carbocycles. The van der Waals surface area contributed by atoms with Crippen LogP contribution in [0, 0.1) is 0 Å². The second kappa shape index (κ2) is 7.98. The number of ether oxygens (including phenoxy) is 1. The van der Waals surface area contributed by atoms with E-state index in [4.69, 9.17) is 4.74 Å². The van der Waals surface area contributed by atoms with Gasteiger partial charge in [0.2, 0.25) is 11.6 Å². The number of rotatable bonds is 6. The van der Waals surface area contributed by atoms with Crippen molar-refractivity contribution in [3.05, 3.63) is 64.7 Å². The second-order valence-electron chi connectivity index (χ2n) is 7.23. The van der Waals surface area contributed by atoms with Crippen LogP contribution in [0.25, 0.3) is 16.7 Å². The number of carbonyl (C=O) groups is 1. The van der Waals surface area contributed by atoms with E-state index < -0.39 is 0 Å². The zero-order valence-corrected chi connectivity index (χ0v) is 17.1. The molecule has 1 amide bonds. The Morgan fingerprint density at radius 1 is 1.07 bits per heavy atom. The number of hydrogen-bond acceptors (Lipinski definition) is 5. The highest BCUT2D eigenvalue weighted by Gasteiger charge is 2.19. The molecular formula is C22H23N5O3. The molecule has 4 aromatic rings. The summed E-state index contributed by atoms with van der Waals surface area (Å²) in [6.45, 7) is 6.21. The normalized spacial score (nSPS) is 11.3. The van der Waals surface area contributed by atoms with Crippen LogP contribution < -0.4 is 15.6 Å². The summed E-state index contributed by atoms with van der Waals surface area (Å²) in [6, 6.07) is 14.7. The van der Waals surface area contributed by atoms with Gasteiger partial charge in [-0.15, -0.1) is 10.2 Å². The lowest BCUT2D eigenvalue weighted by Crippen LogP contribution is -2.29. The molecule has 0 spiro atoms. The van der Waals surface area contributed by atoms with Crippen molar-refractivity contribution < 1.29 is 9.53 Å². The number of amides is 1. The van der Waals surface area contributed by atoms with Crippen molar-refractivity contribution in [1.82, 2.24) is 19.2 Å². The predicted molar refractivity (Wildman–Crippen MR) is 115 cm³/mol. The molecule has 2 heterocycles. The maximum atomic E-state index is 13.2. The van der Waals surface area contributed by atoms with Crippen molar-refractivity contribution in [2.24, 2.45) is 0 Å². The van der Waals surface area contributed by atoms with Crippen LogP contribution in [-0.2, 0) is 11.3 Å². The third-order valence-electron chi connectivity index (χ3n) is 4.82. The Hall–Kier alpha value is -3.68. The molecule has 0 unspecified atom stereocenters. The first kappa shape index (κ1) is 19.6. The molecule has 8 nitrogen and oxygen atoms in total. The summed E-state index contributed by atoms with van der Waals surface area (Å²) in [5.74, 6) is 1.06. The molecule has 0 atom stereocenters. The number of benzene rings is 2. The first-order valence-electron chi connectivity index (χ1n) is 9.89. The quantitative estimate of drug-likeness (QED) is 0.532. The highest BCUT2D eigenvalue weighted by Crippen LogP contribution is 2.24. The van der Waals surface area contributed by atoms with Gasteiger partial charge < -0.3 is 10.1 Å². The molecule has 0 bridgehead atoms. The van der Waals surface area contributed by atoms with Crippen LogP contribution in [0.4, 0.5) is 5.69 Å². The van der Waals surface area contributed by atoms with E-state index in [9.17, 15) is 9.59 Å². The van der Waals surface area contributed by atoms with Crippen molar-refractivity contribution in [2.45, 2.75) is 33.2 Å². The molecule has 8 heteroatoms. The smallest absolute Gasteiger partial charge is 0.297 e. The maximum absolute atomic E-state index is 13.2. The minimum atomic E-state index is -0.360. The van der Waals surface area contributed by atoms with Crippen molar-refractivity contribution in [2.75, 3.05) is 11.9 Å². The number of nitrogens with zero attached hydrogens (tertiary/aromatic N) is 4. The monoisotopic (exact) mass is 405 g/mol. The number of nitrogens with one attached hydrogen (secondary N) is 1. The van der Waals surface area contributed by atoms with Gasteiger partial charge in [-0.05, 0) is 31.2 Å². The predicted octanol–water partition coefficient (Wildman–Crippen LogP) is 3.21. The zero-order chi connectivity index (χ0) is 21.3. The van der Waals surface area contributed by atoms with Gasteiger partial charge in [0.1, 0.15) is 18.1 Å². The molecule has 0 aliphatic heterocycles. The molecule has 0 saturated heterocycles. The van der Waals surface area contributed by atoms with E-state index in [1.54, 1.807) is 16.5 Å². The van der Waals surface area contributed by atoms with E-state index >= 15 is 0 Å². The number of carbonyl (C=O) groups excluding carboxylic acids is 1. The molecular weight excluding hydrogens is 382 g/mol. The number of para-hydroxylation sites is 4. The minimum Gasteiger partial charge on any atom is -0.492 e. The van der Waals surface area contributed by atoms with Crippen LogP contribution in [-0.4, -0.2) is 31.7 Å². The van der Waals surface area contributed by atoms with E-state index in [-0.39, 0.29) is 29.6 Å². The molecule has 30 heavy (non-hydrogen) atoms. The van der Waals surface area contributed by atoms with E-state index in [1.807, 2.05) is 57.2 Å². The molecule has 2 aromatic carbocycles. The van der Waals surface area contributed by atoms with Gasteiger partial charge in [0, 0.05) is 5.92 Å². The van der Waals surface area contributed by atoms with Crippen LogP contribution in [0.5, 0.6) is 5.75 Å². The van der Waals surface area contributed by atoms with Crippen LogP contribution >= 0.6 is 0 Å². The van der Waals surface area contributed by atoms with Gasteiger partial charge in [0.25, 0.3) is 5.56 Å². The summed E-state index contributed by atoms with van der Waals surface area (Å²) in [5, 5.41) is 11.2. The largest absolute Gasteiger partial charge is 0.492 e. The highest BCUT2D eigenvalue weighted by molar-refractivity contribution is 5.93. The molecule has 0 fully saturated rings. The van der Waals surface area contributed by atoms with Gasteiger partial charge in [-0.2, -0.15) is 0 Å². The lowest BCUT2D eigenvalue weighted by Gasteiger charge is -2.14. The fourth-order valence-electron chi connectivity index (χ4n) is 3.50. The summed E-state index contributed by atoms with van der Waals surface area (Å²) in [5.41, 5.74) is 1.84. The zero-order valence-electron chi connectivity index (χ0n) is 17.1. The Bertz CT molecular complexity index is 1290. The number of aromatic nitrogens is 4. The van der Waals surface area contributed by atoms with Crippen LogP contribution in [0.15, 0.2) is 53.3 Å². The van der Waals surface area contributed by atoms with Crippen LogP contribution in [0.1, 0.15) is 32.5 Å². The summed E-state index contributed by atoms with van der Waals surface area (Å²) in [7, 11) is 0. The third-order valence-corrected chi connectivity index (χ3v) is 4.82. The van der Waals surface area contributed by atoms with Crippen molar-refractivity contribution in [3.63, 3.8) is 0 Å². The summed E-state index contributed by atoms with van der Waals surface area (Å²) in [6.07, 6.45) is 0. The van der Waals surface area contributed by atoms with Gasteiger partial charge in [0.15, 0.2) is 0 Å². The standard InChI is InChI=1S/C22H23N5O3/c1-4-30-18-12-8-5-9-15(18)23-19(28)13-26-16-10-6-7-11-17(16)27-20(14(2)3)24-25-21(27)22(26)29/h5-12,14H,4,13H2,1-3H3,(H,23,28). The summed E-state index contributed by atoms with van der Waals surface area (Å²) in [4.78, 5) is 26.0. The fourth-order valence-corrected chi connectivity index (χ4v) is 3.50. The van der Waals surface area contributed by atoms with Crippen molar-refractivity contribution >= 4 is 28.3 Å². The van der Waals surface area contributed by atoms with Crippen LogP contribution in [0.3, 0.4) is 0 Å². The number of fused-ring (bicyclic) bond motifs is 3. The average Bonchev–Trinajstić information content (AvgIpc) is 3.19. The van der Waals surface area contributed by atoms with Gasteiger partial charge in [-0.3, -0.25) is 18.6 Å². The van der Waals surface area contributed by atoms with Gasteiger partial charge in [-0.25, -0.2) is 0 Å². The van der Waals surface area contributed by atoms with E-state index in [0.29, 0.717) is 29.4 Å². The maximum Gasteiger partial charge on any atom is 0.297 e. The van der Waals surface area contributed by atoms with Crippen molar-refractivity contribution in [3.8, 4) is 5.75 Å². The highest BCUT2D eigenvalue weighted by atomic mass is 16.5. The van der Waals surface area contributed by atoms with E-state index in [2.05, 4.69) is 15.5 Å². The molecule has 0 radical (unpaired) electrons. The third kappa shape index (κ3) is 3.41. The fraction of sp³-hybridized carbons (Fsp3) is 0.273. The number of anilines is 1. The summed E-state index contributed by atoms with van der Waals surface area (Å²) >= 11 is 0.